The number of ether oxygens (including phenoxy) is 2. The zero-order valence-corrected chi connectivity index (χ0v) is 16.8. The fraction of sp³-hybridized carbons (Fsp3) is 0.167. The van der Waals surface area contributed by atoms with Gasteiger partial charge in [0.2, 0.25) is 5.88 Å². The van der Waals surface area contributed by atoms with Gasteiger partial charge in [0.25, 0.3) is 0 Å². The van der Waals surface area contributed by atoms with Crippen molar-refractivity contribution in [2.75, 3.05) is 6.79 Å². The van der Waals surface area contributed by atoms with E-state index in [0.29, 0.717) is 27.8 Å². The molecule has 1 aliphatic rings. The largest absolute Gasteiger partial charge is 0.493 e. The van der Waals surface area contributed by atoms with E-state index in [1.165, 1.54) is 12.1 Å². The molecule has 0 amide bonds. The molecule has 0 radical (unpaired) electrons. The zero-order chi connectivity index (χ0) is 21.5. The van der Waals surface area contributed by atoms with E-state index in [-0.39, 0.29) is 31.5 Å². The van der Waals surface area contributed by atoms with Crippen molar-refractivity contribution in [3.63, 3.8) is 0 Å². The zero-order valence-electron chi connectivity index (χ0n) is 16.8. The molecule has 5 rings (SSSR count). The van der Waals surface area contributed by atoms with Crippen molar-refractivity contribution < 1.29 is 19.0 Å². The number of halogens is 1. The molecule has 7 heteroatoms. The van der Waals surface area contributed by atoms with Crippen LogP contribution in [0.2, 0.25) is 0 Å². The van der Waals surface area contributed by atoms with Crippen molar-refractivity contribution in [2.24, 2.45) is 5.18 Å². The summed E-state index contributed by atoms with van der Waals surface area (Å²) in [5, 5.41) is 14.3. The number of fused-ring (bicyclic) bond motifs is 2. The Kier molecular flexibility index (Phi) is 4.67. The third kappa shape index (κ3) is 3.23. The average Bonchev–Trinajstić information content (AvgIpc) is 3.04. The molecule has 0 spiro atoms. The van der Waals surface area contributed by atoms with Gasteiger partial charge in [-0.25, -0.2) is 4.39 Å². The van der Waals surface area contributed by atoms with Crippen molar-refractivity contribution in [3.05, 3.63) is 82.0 Å². The second-order valence-corrected chi connectivity index (χ2v) is 7.56. The van der Waals surface area contributed by atoms with E-state index in [1.54, 1.807) is 10.6 Å². The van der Waals surface area contributed by atoms with Gasteiger partial charge in [-0.2, -0.15) is 0 Å². The van der Waals surface area contributed by atoms with Gasteiger partial charge in [0, 0.05) is 16.5 Å². The maximum Gasteiger partial charge on any atom is 0.222 e. The first kappa shape index (κ1) is 19.3. The summed E-state index contributed by atoms with van der Waals surface area (Å²) in [6.07, 6.45) is 0. The molecule has 0 bridgehead atoms. The summed E-state index contributed by atoms with van der Waals surface area (Å²) in [6.45, 7) is 2.45. The van der Waals surface area contributed by atoms with Crippen molar-refractivity contribution >= 4 is 16.6 Å². The number of hydrogen-bond donors (Lipinski definition) is 1. The molecule has 156 valence electrons. The fourth-order valence-corrected chi connectivity index (χ4v) is 4.18. The number of rotatable bonds is 4. The van der Waals surface area contributed by atoms with Crippen LogP contribution in [0.3, 0.4) is 0 Å². The maximum atomic E-state index is 14.2. The topological polar surface area (TPSA) is 73.0 Å². The number of nitroso groups, excluding NO2 is 1. The highest BCUT2D eigenvalue weighted by molar-refractivity contribution is 5.97. The summed E-state index contributed by atoms with van der Waals surface area (Å²) in [4.78, 5) is 11.5. The predicted octanol–water partition coefficient (Wildman–Crippen LogP) is 5.77. The summed E-state index contributed by atoms with van der Waals surface area (Å²) in [7, 11) is 0. The highest BCUT2D eigenvalue weighted by Gasteiger charge is 2.22. The Morgan fingerprint density at radius 3 is 2.81 bits per heavy atom. The lowest BCUT2D eigenvalue weighted by Gasteiger charge is -2.21. The Labute approximate surface area is 177 Å². The second-order valence-electron chi connectivity index (χ2n) is 7.56. The van der Waals surface area contributed by atoms with Crippen LogP contribution in [0, 0.1) is 17.6 Å². The normalized spacial score (nSPS) is 13.1. The van der Waals surface area contributed by atoms with Gasteiger partial charge in [-0.3, -0.25) is 0 Å². The number of aromatic nitrogens is 1. The number of aromatic hydroxyl groups is 1. The van der Waals surface area contributed by atoms with Crippen LogP contribution >= 0.6 is 0 Å². The molecule has 1 aromatic heterocycles. The van der Waals surface area contributed by atoms with Crippen LogP contribution < -0.4 is 4.74 Å². The number of aryl methyl sites for hydroxylation is 1. The van der Waals surface area contributed by atoms with Crippen molar-refractivity contribution in [1.82, 2.24) is 4.57 Å². The van der Waals surface area contributed by atoms with Crippen LogP contribution in [-0.2, 0) is 17.9 Å². The third-order valence-electron chi connectivity index (χ3n) is 5.64. The lowest BCUT2D eigenvalue weighted by atomic mass is 9.99. The second kappa shape index (κ2) is 7.52. The molecule has 0 saturated carbocycles. The number of hydrogen-bond acceptors (Lipinski definition) is 5. The Hall–Kier alpha value is -3.71. The molecule has 0 unspecified atom stereocenters. The van der Waals surface area contributed by atoms with E-state index in [1.807, 2.05) is 43.3 Å². The molecule has 1 aliphatic heterocycles. The Bertz CT molecular complexity index is 1330. The van der Waals surface area contributed by atoms with Gasteiger partial charge in [-0.05, 0) is 53.1 Å². The smallest absolute Gasteiger partial charge is 0.222 e. The predicted molar refractivity (Wildman–Crippen MR) is 115 cm³/mol. The van der Waals surface area contributed by atoms with E-state index in [2.05, 4.69) is 5.18 Å². The van der Waals surface area contributed by atoms with Crippen molar-refractivity contribution in [3.8, 4) is 22.8 Å². The Morgan fingerprint density at radius 2 is 2.00 bits per heavy atom. The monoisotopic (exact) mass is 418 g/mol. The number of nitrogens with zero attached hydrogens (tertiary/aromatic N) is 2. The van der Waals surface area contributed by atoms with E-state index < -0.39 is 5.82 Å². The third-order valence-corrected chi connectivity index (χ3v) is 5.64. The molecular weight excluding hydrogens is 399 g/mol. The van der Waals surface area contributed by atoms with E-state index in [4.69, 9.17) is 9.47 Å². The lowest BCUT2D eigenvalue weighted by molar-refractivity contribution is -0.0173. The number of benzene rings is 3. The summed E-state index contributed by atoms with van der Waals surface area (Å²) in [5.41, 5.74) is 4.81. The van der Waals surface area contributed by atoms with Crippen LogP contribution in [0.4, 0.5) is 10.1 Å². The van der Waals surface area contributed by atoms with E-state index in [0.717, 1.165) is 16.7 Å². The van der Waals surface area contributed by atoms with Gasteiger partial charge < -0.3 is 19.1 Å². The molecule has 4 aromatic rings. The summed E-state index contributed by atoms with van der Waals surface area (Å²) >= 11 is 0. The summed E-state index contributed by atoms with van der Waals surface area (Å²) in [6, 6.07) is 16.3. The summed E-state index contributed by atoms with van der Waals surface area (Å²) in [5.74, 6) is -0.158. The van der Waals surface area contributed by atoms with Crippen LogP contribution in [0.1, 0.15) is 16.7 Å². The molecule has 3 aromatic carbocycles. The van der Waals surface area contributed by atoms with Crippen molar-refractivity contribution in [1.29, 1.82) is 0 Å². The van der Waals surface area contributed by atoms with Crippen LogP contribution in [0.15, 0.2) is 59.8 Å². The van der Waals surface area contributed by atoms with Gasteiger partial charge in [0.15, 0.2) is 12.5 Å². The van der Waals surface area contributed by atoms with Gasteiger partial charge in [0.1, 0.15) is 11.6 Å². The first-order valence-corrected chi connectivity index (χ1v) is 9.83. The van der Waals surface area contributed by atoms with E-state index in [9.17, 15) is 14.4 Å². The van der Waals surface area contributed by atoms with Gasteiger partial charge in [-0.15, -0.1) is 4.91 Å². The highest BCUT2D eigenvalue weighted by atomic mass is 19.1. The van der Waals surface area contributed by atoms with Gasteiger partial charge in [0.05, 0.1) is 18.7 Å². The molecule has 6 nitrogen and oxygen atoms in total. The molecule has 0 saturated heterocycles. The quantitative estimate of drug-likeness (QED) is 0.427. The molecule has 31 heavy (non-hydrogen) atoms. The van der Waals surface area contributed by atoms with E-state index >= 15 is 0 Å². The minimum Gasteiger partial charge on any atom is -0.493 e. The standard InChI is InChI=1S/C24H19FN2O4/c1-14-4-2-3-5-19(14)15-6-7-20-21(10-15)27(24(28)22(20)26-29)11-16-8-18(25)9-17-12-30-13-31-23(16)17/h2-10,28H,11-13H2,1H3. The minimum atomic E-state index is -0.423. The Morgan fingerprint density at radius 1 is 1.16 bits per heavy atom. The fourth-order valence-electron chi connectivity index (χ4n) is 4.18. The maximum absolute atomic E-state index is 14.2. The van der Waals surface area contributed by atoms with Gasteiger partial charge >= 0.3 is 0 Å². The molecular formula is C24H19FN2O4. The SMILES string of the molecule is Cc1ccccc1-c1ccc2c(N=O)c(O)n(Cc3cc(F)cc4c3OCOC4)c2c1. The van der Waals surface area contributed by atoms with Crippen LogP contribution in [0.5, 0.6) is 11.6 Å². The van der Waals surface area contributed by atoms with Crippen molar-refractivity contribution in [2.45, 2.75) is 20.1 Å². The first-order chi connectivity index (χ1) is 15.1. The average molecular weight is 418 g/mol. The molecule has 2 heterocycles. The molecule has 0 aliphatic carbocycles. The van der Waals surface area contributed by atoms with Crippen LogP contribution in [-0.4, -0.2) is 16.5 Å². The van der Waals surface area contributed by atoms with Gasteiger partial charge in [-0.1, -0.05) is 30.3 Å². The van der Waals surface area contributed by atoms with Crippen LogP contribution in [0.25, 0.3) is 22.0 Å². The minimum absolute atomic E-state index is 0.0409. The molecule has 0 atom stereocenters. The molecule has 1 N–H and O–H groups in total. The highest BCUT2D eigenvalue weighted by Crippen LogP contribution is 2.42. The Balaban J connectivity index is 1.69. The first-order valence-electron chi connectivity index (χ1n) is 9.83. The molecule has 0 fully saturated rings. The summed E-state index contributed by atoms with van der Waals surface area (Å²) < 4.78 is 26.6. The lowest BCUT2D eigenvalue weighted by Crippen LogP contribution is -2.14.